The quantitative estimate of drug-likeness (QED) is 0.315. The molecule has 0 amide bonds. The number of halogens is 3. The van der Waals surface area contributed by atoms with E-state index in [1.807, 2.05) is 0 Å². The van der Waals surface area contributed by atoms with Crippen molar-refractivity contribution in [2.45, 2.75) is 61.5 Å². The first-order valence-electron chi connectivity index (χ1n) is 5.61. The summed E-state index contributed by atoms with van der Waals surface area (Å²) in [5.41, 5.74) is 0. The Bertz CT molecular complexity index is 105. The molecule has 0 saturated carbocycles. The molecule has 0 heterocycles. The number of rotatable bonds is 10. The van der Waals surface area contributed by atoms with Gasteiger partial charge in [0.1, 0.15) is 0 Å². The molecule has 0 N–H and O–H groups in total. The monoisotopic (exact) mass is 390 g/mol. The maximum Gasteiger partial charge on any atom is 0.0697 e. The fraction of sp³-hybridized carbons (Fsp3) is 1.00. The van der Waals surface area contributed by atoms with E-state index in [0.717, 1.165) is 0 Å². The summed E-state index contributed by atoms with van der Waals surface area (Å²) >= 11 is 10.5. The predicted octanol–water partition coefficient (Wildman–Crippen LogP) is 6.01. The van der Waals surface area contributed by atoms with Gasteiger partial charge in [0, 0.05) is 5.33 Å². The van der Waals surface area contributed by atoms with Crippen LogP contribution in [-0.4, -0.2) is 9.07 Å². The summed E-state index contributed by atoms with van der Waals surface area (Å²) in [4.78, 5) is 0. The lowest BCUT2D eigenvalue weighted by Crippen LogP contribution is -1.86. The summed E-state index contributed by atoms with van der Waals surface area (Å²) in [6.45, 7) is 0. The smallest absolute Gasteiger partial charge is 0.0697 e. The van der Waals surface area contributed by atoms with E-state index in [0.29, 0.717) is 3.74 Å². The zero-order valence-electron chi connectivity index (χ0n) is 8.78. The van der Waals surface area contributed by atoms with Gasteiger partial charge in [0.15, 0.2) is 0 Å². The van der Waals surface area contributed by atoms with Crippen molar-refractivity contribution in [1.29, 1.82) is 0 Å². The van der Waals surface area contributed by atoms with E-state index in [1.54, 1.807) is 0 Å². The van der Waals surface area contributed by atoms with Crippen LogP contribution >= 0.6 is 47.8 Å². The van der Waals surface area contributed by atoms with Crippen LogP contribution in [0.2, 0.25) is 0 Å². The third kappa shape index (κ3) is 13.4. The summed E-state index contributed by atoms with van der Waals surface area (Å²) in [5, 5.41) is 1.17. The minimum atomic E-state index is 0.522. The molecule has 0 aliphatic heterocycles. The third-order valence-electron chi connectivity index (χ3n) is 2.31. The molecule has 0 radical (unpaired) electrons. The molecule has 14 heavy (non-hydrogen) atoms. The normalized spacial score (nSPS) is 11.1. The highest BCUT2D eigenvalue weighted by atomic mass is 79.9. The summed E-state index contributed by atoms with van der Waals surface area (Å²) in [6, 6.07) is 0. The highest BCUT2D eigenvalue weighted by molar-refractivity contribution is 9.24. The molecular formula is C11H21Br3. The number of alkyl halides is 3. The predicted molar refractivity (Wildman–Crippen MR) is 77.0 cm³/mol. The van der Waals surface area contributed by atoms with E-state index in [2.05, 4.69) is 47.8 Å². The molecule has 0 aliphatic carbocycles. The lowest BCUT2D eigenvalue weighted by atomic mass is 10.1. The van der Waals surface area contributed by atoms with E-state index in [9.17, 15) is 0 Å². The SMILES string of the molecule is BrCCCCCCCCCCC(Br)Br. The topological polar surface area (TPSA) is 0 Å². The Balaban J connectivity index is 2.85. The van der Waals surface area contributed by atoms with Crippen molar-refractivity contribution in [1.82, 2.24) is 0 Å². The van der Waals surface area contributed by atoms with Crippen LogP contribution in [0.1, 0.15) is 57.8 Å². The molecule has 0 bridgehead atoms. The summed E-state index contributed by atoms with van der Waals surface area (Å²) in [6.07, 6.45) is 12.4. The standard InChI is InChI=1S/C11H21Br3/c12-10-8-6-4-2-1-3-5-7-9-11(13)14/h11H,1-10H2. The van der Waals surface area contributed by atoms with Gasteiger partial charge in [0.25, 0.3) is 0 Å². The maximum atomic E-state index is 3.50. The lowest BCUT2D eigenvalue weighted by Gasteiger charge is -2.02. The Morgan fingerprint density at radius 3 is 1.50 bits per heavy atom. The Morgan fingerprint density at radius 1 is 0.643 bits per heavy atom. The molecule has 0 aromatic rings. The maximum absolute atomic E-state index is 3.50. The van der Waals surface area contributed by atoms with Crippen molar-refractivity contribution < 1.29 is 0 Å². The summed E-state index contributed by atoms with van der Waals surface area (Å²) in [5.74, 6) is 0. The van der Waals surface area contributed by atoms with Gasteiger partial charge in [0.05, 0.1) is 3.74 Å². The molecule has 0 saturated heterocycles. The van der Waals surface area contributed by atoms with Gasteiger partial charge in [0.2, 0.25) is 0 Å². The van der Waals surface area contributed by atoms with Crippen LogP contribution in [0.25, 0.3) is 0 Å². The molecule has 0 aromatic heterocycles. The van der Waals surface area contributed by atoms with E-state index in [1.165, 1.54) is 63.1 Å². The molecular weight excluding hydrogens is 372 g/mol. The van der Waals surface area contributed by atoms with Gasteiger partial charge < -0.3 is 0 Å². The summed E-state index contributed by atoms with van der Waals surface area (Å²) < 4.78 is 0.522. The summed E-state index contributed by atoms with van der Waals surface area (Å²) in [7, 11) is 0. The molecule has 0 atom stereocenters. The largest absolute Gasteiger partial charge is 0.0928 e. The minimum absolute atomic E-state index is 0.522. The second kappa shape index (κ2) is 12.5. The van der Waals surface area contributed by atoms with Crippen molar-refractivity contribution in [2.75, 3.05) is 5.33 Å². The van der Waals surface area contributed by atoms with E-state index >= 15 is 0 Å². The molecule has 0 aromatic carbocycles. The molecule has 0 rings (SSSR count). The zero-order chi connectivity index (χ0) is 10.6. The second-order valence-electron chi connectivity index (χ2n) is 3.70. The van der Waals surface area contributed by atoms with Crippen LogP contribution in [0.15, 0.2) is 0 Å². The van der Waals surface area contributed by atoms with Gasteiger partial charge in [-0.25, -0.2) is 0 Å². The average Bonchev–Trinajstić information content (AvgIpc) is 2.15. The highest BCUT2D eigenvalue weighted by Crippen LogP contribution is 2.17. The first kappa shape index (κ1) is 15.4. The van der Waals surface area contributed by atoms with Crippen molar-refractivity contribution in [2.24, 2.45) is 0 Å². The van der Waals surface area contributed by atoms with Gasteiger partial charge in [-0.1, -0.05) is 92.7 Å². The van der Waals surface area contributed by atoms with E-state index in [-0.39, 0.29) is 0 Å². The highest BCUT2D eigenvalue weighted by Gasteiger charge is 1.97. The second-order valence-corrected chi connectivity index (χ2v) is 7.93. The van der Waals surface area contributed by atoms with Gasteiger partial charge in [-0.2, -0.15) is 0 Å². The molecule has 86 valence electrons. The Morgan fingerprint density at radius 2 is 1.07 bits per heavy atom. The van der Waals surface area contributed by atoms with Gasteiger partial charge in [-0.15, -0.1) is 0 Å². The van der Waals surface area contributed by atoms with Crippen molar-refractivity contribution in [3.8, 4) is 0 Å². The lowest BCUT2D eigenvalue weighted by molar-refractivity contribution is 0.573. The van der Waals surface area contributed by atoms with Crippen molar-refractivity contribution in [3.63, 3.8) is 0 Å². The zero-order valence-corrected chi connectivity index (χ0v) is 13.5. The first-order chi connectivity index (χ1) is 6.77. The Kier molecular flexibility index (Phi) is 13.8. The fourth-order valence-electron chi connectivity index (χ4n) is 1.45. The third-order valence-corrected chi connectivity index (χ3v) is 3.78. The molecule has 0 fully saturated rings. The molecule has 0 nitrogen and oxygen atoms in total. The van der Waals surface area contributed by atoms with Crippen molar-refractivity contribution >= 4 is 47.8 Å². The Hall–Kier alpha value is 1.44. The van der Waals surface area contributed by atoms with Gasteiger partial charge in [-0.3, -0.25) is 0 Å². The van der Waals surface area contributed by atoms with Crippen LogP contribution < -0.4 is 0 Å². The van der Waals surface area contributed by atoms with Gasteiger partial charge >= 0.3 is 0 Å². The first-order valence-corrected chi connectivity index (χ1v) is 8.56. The van der Waals surface area contributed by atoms with Crippen LogP contribution in [0.4, 0.5) is 0 Å². The van der Waals surface area contributed by atoms with E-state index in [4.69, 9.17) is 0 Å². The number of hydrogen-bond acceptors (Lipinski definition) is 0. The molecule has 0 spiro atoms. The Labute approximate surface area is 114 Å². The van der Waals surface area contributed by atoms with Crippen molar-refractivity contribution in [3.05, 3.63) is 0 Å². The molecule has 0 aliphatic rings. The van der Waals surface area contributed by atoms with Crippen LogP contribution in [-0.2, 0) is 0 Å². The minimum Gasteiger partial charge on any atom is -0.0928 e. The van der Waals surface area contributed by atoms with Crippen LogP contribution in [0.3, 0.4) is 0 Å². The van der Waals surface area contributed by atoms with Gasteiger partial charge in [-0.05, 0) is 12.8 Å². The average molecular weight is 393 g/mol. The molecule has 3 heteroatoms. The van der Waals surface area contributed by atoms with Crippen LogP contribution in [0.5, 0.6) is 0 Å². The fourth-order valence-corrected chi connectivity index (χ4v) is 2.50. The number of hydrogen-bond donors (Lipinski definition) is 0. The van der Waals surface area contributed by atoms with E-state index < -0.39 is 0 Å². The number of unbranched alkanes of at least 4 members (excludes halogenated alkanes) is 7. The molecule has 0 unspecified atom stereocenters. The van der Waals surface area contributed by atoms with Crippen LogP contribution in [0, 0.1) is 0 Å².